The number of aliphatic hydroxyl groups is 1. The molecule has 2 aromatic rings. The summed E-state index contributed by atoms with van der Waals surface area (Å²) in [6, 6.07) is 4.99. The van der Waals surface area contributed by atoms with E-state index in [1.807, 2.05) is 6.07 Å². The zero-order valence-electron chi connectivity index (χ0n) is 15.2. The van der Waals surface area contributed by atoms with Crippen molar-refractivity contribution in [2.45, 2.75) is 38.8 Å². The van der Waals surface area contributed by atoms with Gasteiger partial charge < -0.3 is 14.6 Å². The summed E-state index contributed by atoms with van der Waals surface area (Å²) in [6.07, 6.45) is 3.45. The second kappa shape index (κ2) is 9.59. The van der Waals surface area contributed by atoms with Gasteiger partial charge in [0.25, 0.3) is 0 Å². The number of rotatable bonds is 7. The van der Waals surface area contributed by atoms with Gasteiger partial charge >= 0.3 is 5.97 Å². The number of carbonyl (C=O) groups excluding carboxylic acids is 1. The summed E-state index contributed by atoms with van der Waals surface area (Å²) in [5.41, 5.74) is 1.38. The van der Waals surface area contributed by atoms with Crippen LogP contribution < -0.4 is 4.74 Å². The van der Waals surface area contributed by atoms with Gasteiger partial charge in [0.15, 0.2) is 0 Å². The summed E-state index contributed by atoms with van der Waals surface area (Å²) < 4.78 is 11.8. The van der Waals surface area contributed by atoms with Crippen molar-refractivity contribution in [2.75, 3.05) is 13.7 Å². The zero-order valence-corrected chi connectivity index (χ0v) is 15.2. The smallest absolute Gasteiger partial charge is 0.308 e. The number of pyridine rings is 1. The van der Waals surface area contributed by atoms with Crippen molar-refractivity contribution >= 4 is 5.97 Å². The highest BCUT2D eigenvalue weighted by atomic mass is 16.5. The number of aliphatic hydroxyl groups excluding tert-OH is 1. The van der Waals surface area contributed by atoms with Gasteiger partial charge in [0, 0.05) is 24.9 Å². The summed E-state index contributed by atoms with van der Waals surface area (Å²) in [5.74, 6) is 5.96. The Labute approximate surface area is 153 Å². The highest BCUT2D eigenvalue weighted by molar-refractivity contribution is 5.70. The van der Waals surface area contributed by atoms with Gasteiger partial charge in [-0.05, 0) is 37.5 Å². The van der Waals surface area contributed by atoms with Crippen LogP contribution in [-0.2, 0) is 9.53 Å². The van der Waals surface area contributed by atoms with E-state index in [2.05, 4.69) is 21.9 Å². The largest absolute Gasteiger partial charge is 0.481 e. The Morgan fingerprint density at radius 1 is 1.38 bits per heavy atom. The monoisotopic (exact) mass is 357 g/mol. The van der Waals surface area contributed by atoms with Crippen LogP contribution >= 0.6 is 0 Å². The molecule has 0 aliphatic rings. The first-order chi connectivity index (χ1) is 12.5. The third kappa shape index (κ3) is 5.60. The van der Waals surface area contributed by atoms with Crippen molar-refractivity contribution in [3.05, 3.63) is 41.9 Å². The molecule has 1 N–H and O–H groups in total. The van der Waals surface area contributed by atoms with Crippen LogP contribution in [0.4, 0.5) is 0 Å². The first-order valence-electron chi connectivity index (χ1n) is 8.41. The first-order valence-corrected chi connectivity index (χ1v) is 8.41. The molecule has 138 valence electrons. The number of methoxy groups -OCH3 is 1. The van der Waals surface area contributed by atoms with Gasteiger partial charge in [-0.1, -0.05) is 5.92 Å². The average molecular weight is 357 g/mol. The molecule has 2 heterocycles. The predicted octanol–water partition coefficient (Wildman–Crippen LogP) is 1.95. The predicted molar refractivity (Wildman–Crippen MR) is 95.6 cm³/mol. The maximum Gasteiger partial charge on any atom is 0.308 e. The minimum atomic E-state index is -0.480. The molecule has 26 heavy (non-hydrogen) atoms. The first kappa shape index (κ1) is 19.5. The molecular weight excluding hydrogens is 334 g/mol. The van der Waals surface area contributed by atoms with Crippen molar-refractivity contribution in [1.82, 2.24) is 14.8 Å². The fraction of sp³-hybridized carbons (Fsp3) is 0.421. The molecule has 2 unspecified atom stereocenters. The summed E-state index contributed by atoms with van der Waals surface area (Å²) in [4.78, 5) is 16.2. The quantitative estimate of drug-likeness (QED) is 0.602. The van der Waals surface area contributed by atoms with E-state index >= 15 is 0 Å². The Balaban J connectivity index is 2.26. The third-order valence-corrected chi connectivity index (χ3v) is 3.56. The Kier molecular flexibility index (Phi) is 7.18. The lowest BCUT2D eigenvalue weighted by Crippen LogP contribution is -2.18. The second-order valence-corrected chi connectivity index (χ2v) is 5.69. The van der Waals surface area contributed by atoms with Gasteiger partial charge in [0.2, 0.25) is 5.88 Å². The molecule has 0 aliphatic heterocycles. The van der Waals surface area contributed by atoms with Crippen LogP contribution in [0.3, 0.4) is 0 Å². The second-order valence-electron chi connectivity index (χ2n) is 5.69. The number of aromatic nitrogens is 3. The molecule has 7 heteroatoms. The SMILES string of the molecule is CCOC(=O)CC(c1ccc(OC)nc1)n1ccc(C#CCC(C)O)n1. The molecule has 0 fully saturated rings. The van der Waals surface area contributed by atoms with Gasteiger partial charge in [-0.15, -0.1) is 0 Å². The molecule has 0 saturated heterocycles. The van der Waals surface area contributed by atoms with Gasteiger partial charge in [-0.3, -0.25) is 9.48 Å². The Morgan fingerprint density at radius 3 is 2.81 bits per heavy atom. The Hall–Kier alpha value is -2.85. The topological polar surface area (TPSA) is 86.5 Å². The standard InChI is InChI=1S/C19H23N3O4/c1-4-26-19(24)12-17(15-8-9-18(25-3)20-13-15)22-11-10-16(21-22)7-5-6-14(2)23/h8-11,13-14,17,23H,4,6,12H2,1-3H3. The van der Waals surface area contributed by atoms with Crippen molar-refractivity contribution in [3.8, 4) is 17.7 Å². The van der Waals surface area contributed by atoms with Crippen LogP contribution in [0.5, 0.6) is 5.88 Å². The van der Waals surface area contributed by atoms with E-state index in [9.17, 15) is 9.90 Å². The molecule has 0 saturated carbocycles. The summed E-state index contributed by atoms with van der Waals surface area (Å²) in [6.45, 7) is 3.77. The lowest BCUT2D eigenvalue weighted by Gasteiger charge is -2.17. The van der Waals surface area contributed by atoms with E-state index in [4.69, 9.17) is 9.47 Å². The van der Waals surface area contributed by atoms with Crippen LogP contribution in [0.1, 0.15) is 44.0 Å². The lowest BCUT2D eigenvalue weighted by atomic mass is 10.1. The lowest BCUT2D eigenvalue weighted by molar-refractivity contribution is -0.143. The fourth-order valence-electron chi connectivity index (χ4n) is 2.32. The Morgan fingerprint density at radius 2 is 2.19 bits per heavy atom. The summed E-state index contributed by atoms with van der Waals surface area (Å²) in [5, 5.41) is 13.7. The van der Waals surface area contributed by atoms with Crippen molar-refractivity contribution < 1.29 is 19.4 Å². The van der Waals surface area contributed by atoms with Crippen LogP contribution in [0.15, 0.2) is 30.6 Å². The maximum atomic E-state index is 12.0. The minimum absolute atomic E-state index is 0.129. The van der Waals surface area contributed by atoms with Gasteiger partial charge in [-0.25, -0.2) is 4.98 Å². The molecule has 0 aromatic carbocycles. The third-order valence-electron chi connectivity index (χ3n) is 3.56. The van der Waals surface area contributed by atoms with E-state index in [1.165, 1.54) is 0 Å². The molecule has 0 radical (unpaired) electrons. The van der Waals surface area contributed by atoms with Crippen molar-refractivity contribution in [2.24, 2.45) is 0 Å². The van der Waals surface area contributed by atoms with E-state index in [0.29, 0.717) is 24.6 Å². The number of esters is 1. The molecule has 0 spiro atoms. The number of nitrogens with zero attached hydrogens (tertiary/aromatic N) is 3. The Bertz CT molecular complexity index is 772. The van der Waals surface area contributed by atoms with Gasteiger partial charge in [0.05, 0.1) is 32.3 Å². The number of hydrogen-bond acceptors (Lipinski definition) is 6. The number of carbonyl (C=O) groups is 1. The van der Waals surface area contributed by atoms with Crippen LogP contribution in [0.2, 0.25) is 0 Å². The van der Waals surface area contributed by atoms with Crippen LogP contribution in [0, 0.1) is 11.8 Å². The minimum Gasteiger partial charge on any atom is -0.481 e. The van der Waals surface area contributed by atoms with E-state index in [1.54, 1.807) is 50.2 Å². The highest BCUT2D eigenvalue weighted by Crippen LogP contribution is 2.23. The molecule has 0 aliphatic carbocycles. The summed E-state index contributed by atoms with van der Waals surface area (Å²) in [7, 11) is 1.55. The van der Waals surface area contributed by atoms with Crippen LogP contribution in [-0.4, -0.2) is 45.7 Å². The molecule has 0 amide bonds. The van der Waals surface area contributed by atoms with Gasteiger partial charge in [-0.2, -0.15) is 5.10 Å². The number of ether oxygens (including phenoxy) is 2. The van der Waals surface area contributed by atoms with E-state index in [0.717, 1.165) is 5.56 Å². The van der Waals surface area contributed by atoms with Crippen molar-refractivity contribution in [1.29, 1.82) is 0 Å². The molecule has 7 nitrogen and oxygen atoms in total. The molecule has 0 bridgehead atoms. The van der Waals surface area contributed by atoms with E-state index in [-0.39, 0.29) is 18.4 Å². The summed E-state index contributed by atoms with van der Waals surface area (Å²) >= 11 is 0. The van der Waals surface area contributed by atoms with Crippen LogP contribution in [0.25, 0.3) is 0 Å². The average Bonchev–Trinajstić information content (AvgIpc) is 3.08. The molecule has 2 atom stereocenters. The maximum absolute atomic E-state index is 12.0. The molecule has 2 aromatic heterocycles. The van der Waals surface area contributed by atoms with Gasteiger partial charge in [0.1, 0.15) is 5.69 Å². The van der Waals surface area contributed by atoms with Crippen molar-refractivity contribution in [3.63, 3.8) is 0 Å². The molecular formula is C19H23N3O4. The van der Waals surface area contributed by atoms with E-state index < -0.39 is 6.10 Å². The number of hydrogen-bond donors (Lipinski definition) is 1. The highest BCUT2D eigenvalue weighted by Gasteiger charge is 2.20. The zero-order chi connectivity index (χ0) is 18.9. The molecule has 2 rings (SSSR count). The normalized spacial score (nSPS) is 12.6. The fourth-order valence-corrected chi connectivity index (χ4v) is 2.32.